The SMILES string of the molecule is Cc1cc(C(=O)N2CCC3(CCC(=O)N(C[C@@H]4CCCO4)C3)CC2)cnc1C. The molecule has 1 aromatic heterocycles. The van der Waals surface area contributed by atoms with Gasteiger partial charge in [0.2, 0.25) is 5.91 Å². The Morgan fingerprint density at radius 2 is 2.07 bits per heavy atom. The fraction of sp³-hybridized carbons (Fsp3) is 0.682. The Kier molecular flexibility index (Phi) is 5.41. The number of carbonyl (C=O) groups is 2. The number of carbonyl (C=O) groups excluding carboxylic acids is 2. The van der Waals surface area contributed by atoms with E-state index in [1.165, 1.54) is 0 Å². The van der Waals surface area contributed by atoms with Gasteiger partial charge >= 0.3 is 0 Å². The summed E-state index contributed by atoms with van der Waals surface area (Å²) in [5.41, 5.74) is 2.85. The summed E-state index contributed by atoms with van der Waals surface area (Å²) in [6.07, 6.45) is 7.56. The van der Waals surface area contributed by atoms with Crippen molar-refractivity contribution in [3.05, 3.63) is 29.1 Å². The summed E-state index contributed by atoms with van der Waals surface area (Å²) in [7, 11) is 0. The first-order valence-corrected chi connectivity index (χ1v) is 10.6. The van der Waals surface area contributed by atoms with Crippen molar-refractivity contribution in [1.29, 1.82) is 0 Å². The third kappa shape index (κ3) is 3.93. The molecule has 4 heterocycles. The molecule has 3 aliphatic rings. The van der Waals surface area contributed by atoms with E-state index in [-0.39, 0.29) is 23.3 Å². The van der Waals surface area contributed by atoms with Crippen LogP contribution in [0.25, 0.3) is 0 Å². The number of pyridine rings is 1. The zero-order chi connectivity index (χ0) is 19.7. The average molecular weight is 386 g/mol. The topological polar surface area (TPSA) is 62.7 Å². The second-order valence-corrected chi connectivity index (χ2v) is 8.83. The minimum atomic E-state index is 0.0774. The number of ether oxygens (including phenoxy) is 1. The van der Waals surface area contributed by atoms with Crippen LogP contribution in [0, 0.1) is 19.3 Å². The van der Waals surface area contributed by atoms with Gasteiger partial charge in [-0.1, -0.05) is 0 Å². The summed E-state index contributed by atoms with van der Waals surface area (Å²) in [6.45, 7) is 7.84. The van der Waals surface area contributed by atoms with Crippen LogP contribution in [-0.4, -0.2) is 65.5 Å². The summed E-state index contributed by atoms with van der Waals surface area (Å²) in [4.78, 5) is 33.6. The third-order valence-corrected chi connectivity index (χ3v) is 6.89. The summed E-state index contributed by atoms with van der Waals surface area (Å²) >= 11 is 0. The summed E-state index contributed by atoms with van der Waals surface area (Å²) in [6, 6.07) is 1.94. The van der Waals surface area contributed by atoms with Crippen LogP contribution in [-0.2, 0) is 9.53 Å². The minimum Gasteiger partial charge on any atom is -0.376 e. The maximum absolute atomic E-state index is 12.9. The Hall–Kier alpha value is -1.95. The van der Waals surface area contributed by atoms with Crippen LogP contribution in [0.3, 0.4) is 0 Å². The zero-order valence-electron chi connectivity index (χ0n) is 17.1. The van der Waals surface area contributed by atoms with Crippen LogP contribution in [0.15, 0.2) is 12.3 Å². The Morgan fingerprint density at radius 3 is 2.75 bits per heavy atom. The van der Waals surface area contributed by atoms with Crippen LogP contribution in [0.1, 0.15) is 60.1 Å². The van der Waals surface area contributed by atoms with Gasteiger partial charge in [-0.15, -0.1) is 0 Å². The van der Waals surface area contributed by atoms with Crippen molar-refractivity contribution in [3.8, 4) is 0 Å². The lowest BCUT2D eigenvalue weighted by molar-refractivity contribution is -0.141. The molecule has 0 N–H and O–H groups in total. The predicted octanol–water partition coefficient (Wildman–Crippen LogP) is 2.72. The Bertz CT molecular complexity index is 749. The molecule has 1 atom stereocenters. The van der Waals surface area contributed by atoms with Crippen molar-refractivity contribution < 1.29 is 14.3 Å². The molecule has 1 spiro atoms. The molecule has 0 bridgehead atoms. The highest BCUT2D eigenvalue weighted by molar-refractivity contribution is 5.94. The number of aromatic nitrogens is 1. The molecule has 4 rings (SSSR count). The highest BCUT2D eigenvalue weighted by Gasteiger charge is 2.42. The summed E-state index contributed by atoms with van der Waals surface area (Å²) in [5, 5.41) is 0. The van der Waals surface area contributed by atoms with Gasteiger partial charge in [-0.05, 0) is 63.0 Å². The van der Waals surface area contributed by atoms with E-state index >= 15 is 0 Å². The third-order valence-electron chi connectivity index (χ3n) is 6.89. The fourth-order valence-electron chi connectivity index (χ4n) is 4.84. The van der Waals surface area contributed by atoms with E-state index in [2.05, 4.69) is 4.98 Å². The molecule has 0 unspecified atom stereocenters. The second-order valence-electron chi connectivity index (χ2n) is 8.83. The lowest BCUT2D eigenvalue weighted by Crippen LogP contribution is -2.53. The standard InChI is InChI=1S/C22H31N3O3/c1-16-12-18(13-23-17(16)2)21(27)24-9-7-22(8-10-24)6-5-20(26)25(15-22)14-19-4-3-11-28-19/h12-13,19H,3-11,14-15H2,1-2H3/t19-/m0/s1. The quantitative estimate of drug-likeness (QED) is 0.803. The Labute approximate surface area is 167 Å². The lowest BCUT2D eigenvalue weighted by atomic mass is 9.72. The van der Waals surface area contributed by atoms with Crippen molar-refractivity contribution in [2.24, 2.45) is 5.41 Å². The molecule has 0 radical (unpaired) electrons. The van der Waals surface area contributed by atoms with Crippen molar-refractivity contribution in [1.82, 2.24) is 14.8 Å². The molecular formula is C22H31N3O3. The molecule has 1 aromatic rings. The smallest absolute Gasteiger partial charge is 0.255 e. The first kappa shape index (κ1) is 19.4. The van der Waals surface area contributed by atoms with Gasteiger partial charge in [-0.2, -0.15) is 0 Å². The number of amides is 2. The van der Waals surface area contributed by atoms with Crippen molar-refractivity contribution in [3.63, 3.8) is 0 Å². The van der Waals surface area contributed by atoms with Gasteiger partial charge in [-0.3, -0.25) is 14.6 Å². The van der Waals surface area contributed by atoms with Crippen molar-refractivity contribution in [2.45, 2.75) is 58.5 Å². The van der Waals surface area contributed by atoms with Gasteiger partial charge in [0.25, 0.3) is 5.91 Å². The Morgan fingerprint density at radius 1 is 1.29 bits per heavy atom. The summed E-state index contributed by atoms with van der Waals surface area (Å²) in [5.74, 6) is 0.342. The lowest BCUT2D eigenvalue weighted by Gasteiger charge is -2.47. The number of hydrogen-bond donors (Lipinski definition) is 0. The van der Waals surface area contributed by atoms with Crippen LogP contribution in [0.4, 0.5) is 0 Å². The minimum absolute atomic E-state index is 0.0774. The van der Waals surface area contributed by atoms with Crippen LogP contribution < -0.4 is 0 Å². The van der Waals surface area contributed by atoms with Gasteiger partial charge in [0.05, 0.1) is 11.7 Å². The molecule has 6 nitrogen and oxygen atoms in total. The van der Waals surface area contributed by atoms with Gasteiger partial charge in [-0.25, -0.2) is 0 Å². The molecule has 152 valence electrons. The van der Waals surface area contributed by atoms with Crippen LogP contribution in [0.5, 0.6) is 0 Å². The maximum Gasteiger partial charge on any atom is 0.255 e. The molecule has 0 saturated carbocycles. The highest BCUT2D eigenvalue weighted by Crippen LogP contribution is 2.40. The van der Waals surface area contributed by atoms with Crippen LogP contribution in [0.2, 0.25) is 0 Å². The normalized spacial score (nSPS) is 24.8. The number of aryl methyl sites for hydroxylation is 2. The molecule has 3 saturated heterocycles. The number of nitrogens with zero attached hydrogens (tertiary/aromatic N) is 3. The number of rotatable bonds is 3. The van der Waals surface area contributed by atoms with Gasteiger partial charge in [0.15, 0.2) is 0 Å². The first-order valence-electron chi connectivity index (χ1n) is 10.6. The molecule has 3 fully saturated rings. The highest BCUT2D eigenvalue weighted by atomic mass is 16.5. The summed E-state index contributed by atoms with van der Waals surface area (Å²) < 4.78 is 5.74. The maximum atomic E-state index is 12.9. The van der Waals surface area contributed by atoms with E-state index in [0.29, 0.717) is 12.0 Å². The van der Waals surface area contributed by atoms with E-state index in [1.54, 1.807) is 6.20 Å². The van der Waals surface area contributed by atoms with E-state index in [4.69, 9.17) is 4.74 Å². The van der Waals surface area contributed by atoms with E-state index < -0.39 is 0 Å². The number of hydrogen-bond acceptors (Lipinski definition) is 4. The Balaban J connectivity index is 1.37. The van der Waals surface area contributed by atoms with Crippen molar-refractivity contribution >= 4 is 11.8 Å². The second kappa shape index (κ2) is 7.82. The average Bonchev–Trinajstić information content (AvgIpc) is 3.20. The molecule has 28 heavy (non-hydrogen) atoms. The number of likely N-dealkylation sites (tertiary alicyclic amines) is 2. The number of piperidine rings is 2. The monoisotopic (exact) mass is 385 g/mol. The van der Waals surface area contributed by atoms with Gasteiger partial charge in [0.1, 0.15) is 0 Å². The molecule has 3 aliphatic heterocycles. The molecule has 0 aromatic carbocycles. The van der Waals surface area contributed by atoms with E-state index in [1.807, 2.05) is 29.7 Å². The molecule has 0 aliphatic carbocycles. The molecular weight excluding hydrogens is 354 g/mol. The van der Waals surface area contributed by atoms with Gasteiger partial charge < -0.3 is 14.5 Å². The van der Waals surface area contributed by atoms with Crippen molar-refractivity contribution in [2.75, 3.05) is 32.8 Å². The van der Waals surface area contributed by atoms with E-state index in [9.17, 15) is 9.59 Å². The molecule has 2 amide bonds. The largest absolute Gasteiger partial charge is 0.376 e. The predicted molar refractivity (Wildman–Crippen MR) is 106 cm³/mol. The van der Waals surface area contributed by atoms with Crippen LogP contribution >= 0.6 is 0 Å². The van der Waals surface area contributed by atoms with Gasteiger partial charge in [0, 0.05) is 51.1 Å². The first-order chi connectivity index (χ1) is 13.5. The zero-order valence-corrected chi connectivity index (χ0v) is 17.1. The van der Waals surface area contributed by atoms with E-state index in [0.717, 1.165) is 76.1 Å². The molecule has 6 heteroatoms. The fourth-order valence-corrected chi connectivity index (χ4v) is 4.84.